The summed E-state index contributed by atoms with van der Waals surface area (Å²) >= 11 is 0. The van der Waals surface area contributed by atoms with Gasteiger partial charge in [-0.2, -0.15) is 0 Å². The predicted octanol–water partition coefficient (Wildman–Crippen LogP) is 5.39. The van der Waals surface area contributed by atoms with Crippen LogP contribution in [0.4, 0.5) is 0 Å². The summed E-state index contributed by atoms with van der Waals surface area (Å²) in [6.45, 7) is 0. The zero-order chi connectivity index (χ0) is 21.1. The molecule has 0 amide bonds. The predicted molar refractivity (Wildman–Crippen MR) is 112 cm³/mol. The van der Waals surface area contributed by atoms with Gasteiger partial charge < -0.3 is 19.7 Å². The van der Waals surface area contributed by atoms with Gasteiger partial charge in [0.25, 0.3) is 0 Å². The van der Waals surface area contributed by atoms with Crippen LogP contribution in [0.15, 0.2) is 36.4 Å². The molecular formula is C24H26O6. The van der Waals surface area contributed by atoms with Crippen molar-refractivity contribution in [3.8, 4) is 22.6 Å². The molecule has 4 rings (SSSR count). The first-order valence-electron chi connectivity index (χ1n) is 10.6. The van der Waals surface area contributed by atoms with Crippen LogP contribution in [0.3, 0.4) is 0 Å². The average molecular weight is 410 g/mol. The van der Waals surface area contributed by atoms with E-state index in [1.807, 2.05) is 0 Å². The maximum atomic E-state index is 12.2. The van der Waals surface area contributed by atoms with Gasteiger partial charge in [-0.05, 0) is 63.5 Å². The van der Waals surface area contributed by atoms with Crippen molar-refractivity contribution in [1.29, 1.82) is 0 Å². The van der Waals surface area contributed by atoms with Crippen LogP contribution in [0.5, 0.6) is 11.5 Å². The lowest BCUT2D eigenvalue weighted by atomic mass is 9.94. The molecule has 158 valence electrons. The van der Waals surface area contributed by atoms with Gasteiger partial charge in [-0.1, -0.05) is 24.3 Å². The van der Waals surface area contributed by atoms with E-state index in [-0.39, 0.29) is 34.8 Å². The normalized spacial score (nSPS) is 17.2. The quantitative estimate of drug-likeness (QED) is 0.635. The number of carboxylic acids is 2. The number of aromatic carboxylic acids is 2. The molecule has 0 spiro atoms. The summed E-state index contributed by atoms with van der Waals surface area (Å²) in [5.74, 6) is -1.72. The molecule has 0 aliphatic heterocycles. The molecule has 2 aromatic carbocycles. The van der Waals surface area contributed by atoms with Crippen molar-refractivity contribution in [3.05, 3.63) is 47.5 Å². The second-order valence-corrected chi connectivity index (χ2v) is 8.02. The van der Waals surface area contributed by atoms with E-state index in [9.17, 15) is 19.8 Å². The van der Waals surface area contributed by atoms with Crippen LogP contribution in [0.1, 0.15) is 72.1 Å². The van der Waals surface area contributed by atoms with E-state index in [1.54, 1.807) is 36.4 Å². The van der Waals surface area contributed by atoms with Crippen LogP contribution in [-0.4, -0.2) is 34.4 Å². The minimum atomic E-state index is -1.14. The van der Waals surface area contributed by atoms with Gasteiger partial charge in [-0.15, -0.1) is 0 Å². The summed E-state index contributed by atoms with van der Waals surface area (Å²) in [5.41, 5.74) is 0.634. The third-order valence-electron chi connectivity index (χ3n) is 5.96. The summed E-state index contributed by atoms with van der Waals surface area (Å²) in [6.07, 6.45) is 7.84. The molecule has 6 nitrogen and oxygen atoms in total. The van der Waals surface area contributed by atoms with E-state index in [0.717, 1.165) is 51.4 Å². The Kier molecular flexibility index (Phi) is 5.93. The number of rotatable bonds is 7. The maximum Gasteiger partial charge on any atom is 0.340 e. The molecule has 30 heavy (non-hydrogen) atoms. The summed E-state index contributed by atoms with van der Waals surface area (Å²) < 4.78 is 12.0. The summed E-state index contributed by atoms with van der Waals surface area (Å²) in [7, 11) is 0. The lowest BCUT2D eigenvalue weighted by molar-refractivity contribution is 0.0675. The fourth-order valence-electron chi connectivity index (χ4n) is 4.52. The van der Waals surface area contributed by atoms with Crippen molar-refractivity contribution in [3.63, 3.8) is 0 Å². The first kappa shape index (κ1) is 20.3. The summed E-state index contributed by atoms with van der Waals surface area (Å²) in [6, 6.07) is 9.97. The molecule has 6 heteroatoms. The molecule has 2 aliphatic rings. The van der Waals surface area contributed by atoms with E-state index >= 15 is 0 Å². The number of hydrogen-bond acceptors (Lipinski definition) is 4. The minimum Gasteiger partial charge on any atom is -0.490 e. The molecule has 2 aliphatic carbocycles. The first-order chi connectivity index (χ1) is 14.5. The van der Waals surface area contributed by atoms with Gasteiger partial charge in [0, 0.05) is 11.1 Å². The molecule has 2 N–H and O–H groups in total. The second-order valence-electron chi connectivity index (χ2n) is 8.02. The van der Waals surface area contributed by atoms with Crippen LogP contribution in [-0.2, 0) is 0 Å². The van der Waals surface area contributed by atoms with Gasteiger partial charge >= 0.3 is 11.9 Å². The van der Waals surface area contributed by atoms with E-state index in [0.29, 0.717) is 11.1 Å². The molecule has 0 saturated heterocycles. The highest BCUT2D eigenvalue weighted by molar-refractivity contribution is 6.05. The molecule has 0 bridgehead atoms. The van der Waals surface area contributed by atoms with Crippen LogP contribution >= 0.6 is 0 Å². The highest BCUT2D eigenvalue weighted by Gasteiger charge is 2.27. The van der Waals surface area contributed by atoms with Crippen molar-refractivity contribution in [1.82, 2.24) is 0 Å². The smallest absolute Gasteiger partial charge is 0.340 e. The zero-order valence-corrected chi connectivity index (χ0v) is 16.8. The van der Waals surface area contributed by atoms with Crippen molar-refractivity contribution >= 4 is 11.9 Å². The molecule has 0 radical (unpaired) electrons. The Hall–Kier alpha value is -3.02. The fraction of sp³-hybridized carbons (Fsp3) is 0.417. The summed E-state index contributed by atoms with van der Waals surface area (Å²) in [5, 5.41) is 19.9. The van der Waals surface area contributed by atoms with Crippen molar-refractivity contribution in [2.75, 3.05) is 0 Å². The number of ether oxygens (including phenoxy) is 2. The molecule has 2 saturated carbocycles. The highest BCUT2D eigenvalue weighted by atomic mass is 16.5. The van der Waals surface area contributed by atoms with E-state index in [2.05, 4.69) is 0 Å². The van der Waals surface area contributed by atoms with Crippen LogP contribution < -0.4 is 9.47 Å². The fourth-order valence-corrected chi connectivity index (χ4v) is 4.52. The zero-order valence-electron chi connectivity index (χ0n) is 16.8. The van der Waals surface area contributed by atoms with Gasteiger partial charge in [0.1, 0.15) is 22.6 Å². The topological polar surface area (TPSA) is 93.1 Å². The van der Waals surface area contributed by atoms with Gasteiger partial charge in [0.15, 0.2) is 0 Å². The number of carbonyl (C=O) groups is 2. The van der Waals surface area contributed by atoms with Gasteiger partial charge in [0.2, 0.25) is 0 Å². The Morgan fingerprint density at radius 1 is 0.667 bits per heavy atom. The Bertz CT molecular complexity index is 861. The average Bonchev–Trinajstić information content (AvgIpc) is 3.41. The third-order valence-corrected chi connectivity index (χ3v) is 5.96. The summed E-state index contributed by atoms with van der Waals surface area (Å²) in [4.78, 5) is 24.4. The van der Waals surface area contributed by atoms with E-state index in [1.165, 1.54) is 0 Å². The minimum absolute atomic E-state index is 0.00525. The van der Waals surface area contributed by atoms with Gasteiger partial charge in [-0.3, -0.25) is 0 Å². The van der Waals surface area contributed by atoms with Crippen molar-refractivity contribution in [2.45, 2.75) is 63.6 Å². The Morgan fingerprint density at radius 3 is 1.37 bits per heavy atom. The molecule has 0 aromatic heterocycles. The lowest BCUT2D eigenvalue weighted by Crippen LogP contribution is -2.16. The molecule has 0 atom stereocenters. The second kappa shape index (κ2) is 8.78. The van der Waals surface area contributed by atoms with Crippen LogP contribution in [0, 0.1) is 0 Å². The van der Waals surface area contributed by atoms with Crippen molar-refractivity contribution < 1.29 is 29.3 Å². The molecule has 2 aromatic rings. The largest absolute Gasteiger partial charge is 0.490 e. The first-order valence-corrected chi connectivity index (χ1v) is 10.6. The molecule has 0 heterocycles. The Labute approximate surface area is 175 Å². The number of benzene rings is 2. The van der Waals surface area contributed by atoms with Crippen LogP contribution in [0.25, 0.3) is 11.1 Å². The Morgan fingerprint density at radius 2 is 1.03 bits per heavy atom. The highest BCUT2D eigenvalue weighted by Crippen LogP contribution is 2.38. The molecule has 2 fully saturated rings. The van der Waals surface area contributed by atoms with E-state index in [4.69, 9.17) is 9.47 Å². The number of carboxylic acid groups (broad SMARTS) is 2. The van der Waals surface area contributed by atoms with Crippen molar-refractivity contribution in [2.24, 2.45) is 0 Å². The third kappa shape index (κ3) is 4.13. The number of hydrogen-bond donors (Lipinski definition) is 2. The molecular weight excluding hydrogens is 384 g/mol. The maximum absolute atomic E-state index is 12.2. The van der Waals surface area contributed by atoms with Gasteiger partial charge in [0.05, 0.1) is 12.2 Å². The van der Waals surface area contributed by atoms with Gasteiger partial charge in [-0.25, -0.2) is 9.59 Å². The molecule has 0 unspecified atom stereocenters. The SMILES string of the molecule is O=C(O)c1c(OC2CCCC2)cccc1-c1cccc(OC2CCCC2)c1C(=O)O. The standard InChI is InChI=1S/C24H26O6/c25-23(26)21-17(11-5-13-19(21)29-15-7-1-2-8-15)18-12-6-14-20(22(18)24(27)28)30-16-9-3-4-10-16/h5-6,11-16H,1-4,7-10H2,(H,25,26)(H,27,28). The van der Waals surface area contributed by atoms with E-state index < -0.39 is 11.9 Å². The Balaban J connectivity index is 1.79. The lowest BCUT2D eigenvalue weighted by Gasteiger charge is -2.20. The van der Waals surface area contributed by atoms with Crippen LogP contribution in [0.2, 0.25) is 0 Å². The monoisotopic (exact) mass is 410 g/mol.